The standard InChI is InChI=1S/C30H33NO5/c1-4-35-30(32)21-31(19-24-9-14-27(34-3)15-10-24)20-28-18-25-17-23(11-16-29(25)36-28)6-5-22-7-12-26(33-2)13-8-22/h7-18H,4-6,19-21H2,1-3H3. The summed E-state index contributed by atoms with van der Waals surface area (Å²) in [5.74, 6) is 2.24. The number of hydrogen-bond donors (Lipinski definition) is 0. The SMILES string of the molecule is CCOC(=O)CN(Cc1ccc(OC)cc1)Cc1cc2cc(CCc3ccc(OC)cc3)ccc2o1. The molecule has 0 bridgehead atoms. The van der Waals surface area contributed by atoms with Crippen molar-refractivity contribution in [1.29, 1.82) is 0 Å². The topological polar surface area (TPSA) is 61.1 Å². The van der Waals surface area contributed by atoms with Gasteiger partial charge in [0.25, 0.3) is 0 Å². The van der Waals surface area contributed by atoms with Crippen LogP contribution in [0.25, 0.3) is 11.0 Å². The molecule has 36 heavy (non-hydrogen) atoms. The van der Waals surface area contributed by atoms with E-state index < -0.39 is 0 Å². The Morgan fingerprint density at radius 3 is 2.03 bits per heavy atom. The third-order valence-electron chi connectivity index (χ3n) is 6.10. The Kier molecular flexibility index (Phi) is 8.63. The third kappa shape index (κ3) is 6.89. The third-order valence-corrected chi connectivity index (χ3v) is 6.10. The molecule has 0 aliphatic rings. The molecule has 0 atom stereocenters. The van der Waals surface area contributed by atoms with Crippen LogP contribution in [0.2, 0.25) is 0 Å². The molecule has 1 aromatic heterocycles. The highest BCUT2D eigenvalue weighted by Crippen LogP contribution is 2.24. The van der Waals surface area contributed by atoms with Crippen LogP contribution in [0.1, 0.15) is 29.4 Å². The first kappa shape index (κ1) is 25.3. The molecule has 3 aromatic carbocycles. The van der Waals surface area contributed by atoms with E-state index in [-0.39, 0.29) is 12.5 Å². The Morgan fingerprint density at radius 2 is 1.39 bits per heavy atom. The Balaban J connectivity index is 1.45. The van der Waals surface area contributed by atoms with Crippen molar-refractivity contribution in [3.63, 3.8) is 0 Å². The van der Waals surface area contributed by atoms with E-state index in [2.05, 4.69) is 30.3 Å². The molecule has 0 amide bonds. The van der Waals surface area contributed by atoms with Crippen LogP contribution in [-0.2, 0) is 35.5 Å². The van der Waals surface area contributed by atoms with Gasteiger partial charge in [-0.2, -0.15) is 0 Å². The predicted octanol–water partition coefficient (Wildman–Crippen LogP) is 5.80. The number of carbonyl (C=O) groups is 1. The van der Waals surface area contributed by atoms with Crippen molar-refractivity contribution in [3.05, 3.63) is 95.2 Å². The fourth-order valence-corrected chi connectivity index (χ4v) is 4.23. The first-order valence-corrected chi connectivity index (χ1v) is 12.2. The molecule has 0 unspecified atom stereocenters. The van der Waals surface area contributed by atoms with Gasteiger partial charge in [0.05, 0.1) is 33.9 Å². The van der Waals surface area contributed by atoms with Crippen LogP contribution in [0.15, 0.2) is 77.2 Å². The van der Waals surface area contributed by atoms with Crippen LogP contribution in [0.4, 0.5) is 0 Å². The Hall–Kier alpha value is -3.77. The van der Waals surface area contributed by atoms with Crippen molar-refractivity contribution in [2.75, 3.05) is 27.4 Å². The Labute approximate surface area is 212 Å². The zero-order valence-corrected chi connectivity index (χ0v) is 21.2. The van der Waals surface area contributed by atoms with Gasteiger partial charge in [0.2, 0.25) is 0 Å². The molecule has 188 valence electrons. The quantitative estimate of drug-likeness (QED) is 0.235. The number of ether oxygens (including phenoxy) is 3. The molecule has 0 aliphatic carbocycles. The summed E-state index contributed by atoms with van der Waals surface area (Å²) in [6.07, 6.45) is 1.89. The number of benzene rings is 3. The first-order chi connectivity index (χ1) is 17.6. The number of esters is 1. The molecule has 6 heteroatoms. The van der Waals surface area contributed by atoms with Crippen LogP contribution in [0.5, 0.6) is 11.5 Å². The summed E-state index contributed by atoms with van der Waals surface area (Å²) in [6.45, 7) is 3.45. The van der Waals surface area contributed by atoms with Crippen molar-refractivity contribution < 1.29 is 23.4 Å². The number of hydrogen-bond acceptors (Lipinski definition) is 6. The molecule has 0 spiro atoms. The summed E-state index contributed by atoms with van der Waals surface area (Å²) in [4.78, 5) is 14.3. The summed E-state index contributed by atoms with van der Waals surface area (Å²) in [7, 11) is 3.33. The van der Waals surface area contributed by atoms with Crippen LogP contribution >= 0.6 is 0 Å². The maximum atomic E-state index is 12.3. The minimum Gasteiger partial charge on any atom is -0.497 e. The molecular formula is C30H33NO5. The monoisotopic (exact) mass is 487 g/mol. The molecular weight excluding hydrogens is 454 g/mol. The van der Waals surface area contributed by atoms with Gasteiger partial charge in [-0.3, -0.25) is 9.69 Å². The second-order valence-electron chi connectivity index (χ2n) is 8.73. The Bertz CT molecular complexity index is 1260. The molecule has 0 aliphatic heterocycles. The molecule has 0 N–H and O–H groups in total. The highest BCUT2D eigenvalue weighted by Gasteiger charge is 2.16. The molecule has 4 aromatic rings. The van der Waals surface area contributed by atoms with Crippen LogP contribution < -0.4 is 9.47 Å². The zero-order valence-electron chi connectivity index (χ0n) is 21.2. The number of nitrogens with zero attached hydrogens (tertiary/aromatic N) is 1. The van der Waals surface area contributed by atoms with Crippen LogP contribution in [0, 0.1) is 0 Å². The van der Waals surface area contributed by atoms with Gasteiger partial charge in [-0.25, -0.2) is 0 Å². The van der Waals surface area contributed by atoms with Gasteiger partial charge >= 0.3 is 5.97 Å². The average molecular weight is 488 g/mol. The van der Waals surface area contributed by atoms with E-state index in [0.717, 1.165) is 46.6 Å². The Morgan fingerprint density at radius 1 is 0.778 bits per heavy atom. The van der Waals surface area contributed by atoms with E-state index in [0.29, 0.717) is 19.7 Å². The number of fused-ring (bicyclic) bond motifs is 1. The van der Waals surface area contributed by atoms with E-state index in [1.54, 1.807) is 14.2 Å². The molecule has 1 heterocycles. The minimum absolute atomic E-state index is 0.185. The second-order valence-corrected chi connectivity index (χ2v) is 8.73. The number of aryl methyl sites for hydroxylation is 2. The lowest BCUT2D eigenvalue weighted by atomic mass is 10.0. The van der Waals surface area contributed by atoms with Gasteiger partial charge in [-0.1, -0.05) is 30.3 Å². The van der Waals surface area contributed by atoms with Crippen molar-refractivity contribution in [3.8, 4) is 11.5 Å². The van der Waals surface area contributed by atoms with Crippen molar-refractivity contribution in [2.24, 2.45) is 0 Å². The van der Waals surface area contributed by atoms with E-state index in [1.807, 2.05) is 54.3 Å². The number of methoxy groups -OCH3 is 2. The van der Waals surface area contributed by atoms with Gasteiger partial charge in [-0.05, 0) is 78.9 Å². The largest absolute Gasteiger partial charge is 0.497 e. The summed E-state index contributed by atoms with van der Waals surface area (Å²) in [6, 6.07) is 24.5. The second kappa shape index (κ2) is 12.3. The average Bonchev–Trinajstić information content (AvgIpc) is 3.29. The highest BCUT2D eigenvalue weighted by atomic mass is 16.5. The van der Waals surface area contributed by atoms with E-state index >= 15 is 0 Å². The summed E-state index contributed by atoms with van der Waals surface area (Å²) >= 11 is 0. The van der Waals surface area contributed by atoms with Crippen molar-refractivity contribution in [2.45, 2.75) is 32.9 Å². The van der Waals surface area contributed by atoms with Crippen molar-refractivity contribution in [1.82, 2.24) is 4.90 Å². The number of rotatable bonds is 12. The van der Waals surface area contributed by atoms with E-state index in [1.165, 1.54) is 11.1 Å². The molecule has 0 fully saturated rings. The fourth-order valence-electron chi connectivity index (χ4n) is 4.23. The van der Waals surface area contributed by atoms with Crippen molar-refractivity contribution >= 4 is 16.9 Å². The summed E-state index contributed by atoms with van der Waals surface area (Å²) in [5.41, 5.74) is 4.46. The predicted molar refractivity (Wildman–Crippen MR) is 140 cm³/mol. The minimum atomic E-state index is -0.247. The zero-order chi connectivity index (χ0) is 25.3. The maximum absolute atomic E-state index is 12.3. The van der Waals surface area contributed by atoms with E-state index in [4.69, 9.17) is 18.6 Å². The fraction of sp³-hybridized carbons (Fsp3) is 0.300. The lowest BCUT2D eigenvalue weighted by Gasteiger charge is -2.20. The van der Waals surface area contributed by atoms with Crippen LogP contribution in [0.3, 0.4) is 0 Å². The highest BCUT2D eigenvalue weighted by molar-refractivity contribution is 5.78. The van der Waals surface area contributed by atoms with Gasteiger partial charge in [0.15, 0.2) is 0 Å². The molecule has 0 saturated heterocycles. The summed E-state index contributed by atoms with van der Waals surface area (Å²) < 4.78 is 21.8. The van der Waals surface area contributed by atoms with Crippen LogP contribution in [-0.4, -0.2) is 38.2 Å². The lowest BCUT2D eigenvalue weighted by molar-refractivity contribution is -0.144. The molecule has 0 saturated carbocycles. The smallest absolute Gasteiger partial charge is 0.320 e. The number of furan rings is 1. The molecule has 0 radical (unpaired) electrons. The van der Waals surface area contributed by atoms with Gasteiger partial charge in [0.1, 0.15) is 22.8 Å². The maximum Gasteiger partial charge on any atom is 0.320 e. The van der Waals surface area contributed by atoms with Gasteiger partial charge < -0.3 is 18.6 Å². The number of carbonyl (C=O) groups excluding carboxylic acids is 1. The van der Waals surface area contributed by atoms with Gasteiger partial charge in [-0.15, -0.1) is 0 Å². The first-order valence-electron chi connectivity index (χ1n) is 12.2. The van der Waals surface area contributed by atoms with Gasteiger partial charge in [0, 0.05) is 11.9 Å². The summed E-state index contributed by atoms with van der Waals surface area (Å²) in [5, 5.41) is 1.07. The van der Waals surface area contributed by atoms with E-state index in [9.17, 15) is 4.79 Å². The lowest BCUT2D eigenvalue weighted by Crippen LogP contribution is -2.30. The normalized spacial score (nSPS) is 11.1. The molecule has 6 nitrogen and oxygen atoms in total. The molecule has 4 rings (SSSR count).